The van der Waals surface area contributed by atoms with Crippen LogP contribution in [-0.2, 0) is 0 Å². The SMILES string of the molecule is CSc1ccc(Oc2cc(OC(C)CO)cc(C(=O)N=C(N)/C=C\NC(C)C)c2)cc1. The molecule has 1 atom stereocenters. The van der Waals surface area contributed by atoms with E-state index in [0.717, 1.165) is 4.90 Å². The van der Waals surface area contributed by atoms with E-state index in [2.05, 4.69) is 10.3 Å². The summed E-state index contributed by atoms with van der Waals surface area (Å²) in [4.78, 5) is 17.7. The molecule has 0 spiro atoms. The van der Waals surface area contributed by atoms with Crippen LogP contribution in [0.15, 0.2) is 64.6 Å². The second-order valence-corrected chi connectivity index (χ2v) is 7.96. The number of amidine groups is 1. The maximum Gasteiger partial charge on any atom is 0.279 e. The van der Waals surface area contributed by atoms with Crippen LogP contribution in [0.3, 0.4) is 0 Å². The van der Waals surface area contributed by atoms with Crippen molar-refractivity contribution in [1.82, 2.24) is 5.32 Å². The molecule has 31 heavy (non-hydrogen) atoms. The second kappa shape index (κ2) is 12.0. The van der Waals surface area contributed by atoms with Crippen LogP contribution in [0.4, 0.5) is 0 Å². The molecule has 0 radical (unpaired) electrons. The van der Waals surface area contributed by atoms with Gasteiger partial charge in [-0.05, 0) is 69.5 Å². The highest BCUT2D eigenvalue weighted by Crippen LogP contribution is 2.29. The molecular formula is C23H29N3O4S. The summed E-state index contributed by atoms with van der Waals surface area (Å²) in [5.74, 6) is 0.955. The highest BCUT2D eigenvalue weighted by molar-refractivity contribution is 7.98. The lowest BCUT2D eigenvalue weighted by Crippen LogP contribution is -2.18. The number of carbonyl (C=O) groups excluding carboxylic acids is 1. The second-order valence-electron chi connectivity index (χ2n) is 7.08. The van der Waals surface area contributed by atoms with Gasteiger partial charge in [0.25, 0.3) is 5.91 Å². The summed E-state index contributed by atoms with van der Waals surface area (Å²) < 4.78 is 11.6. The molecule has 2 aromatic carbocycles. The van der Waals surface area contributed by atoms with E-state index in [1.54, 1.807) is 43.1 Å². The van der Waals surface area contributed by atoms with Crippen LogP contribution in [0.2, 0.25) is 0 Å². The summed E-state index contributed by atoms with van der Waals surface area (Å²) in [6.45, 7) is 5.53. The fourth-order valence-electron chi connectivity index (χ4n) is 2.42. The summed E-state index contributed by atoms with van der Waals surface area (Å²) in [7, 11) is 0. The topological polar surface area (TPSA) is 106 Å². The van der Waals surface area contributed by atoms with Crippen LogP contribution in [0, 0.1) is 0 Å². The molecular weight excluding hydrogens is 414 g/mol. The predicted octanol–water partition coefficient (Wildman–Crippen LogP) is 3.97. The lowest BCUT2D eigenvalue weighted by Gasteiger charge is -2.14. The summed E-state index contributed by atoms with van der Waals surface area (Å²) in [5, 5.41) is 12.3. The van der Waals surface area contributed by atoms with Gasteiger partial charge in [-0.25, -0.2) is 0 Å². The average molecular weight is 444 g/mol. The normalized spacial score (nSPS) is 12.8. The number of nitrogens with two attached hydrogens (primary N) is 1. The van der Waals surface area contributed by atoms with Crippen molar-refractivity contribution in [2.75, 3.05) is 12.9 Å². The van der Waals surface area contributed by atoms with Gasteiger partial charge in [0.2, 0.25) is 0 Å². The molecule has 0 bridgehead atoms. The van der Waals surface area contributed by atoms with Crippen LogP contribution < -0.4 is 20.5 Å². The summed E-state index contributed by atoms with van der Waals surface area (Å²) in [6.07, 6.45) is 4.72. The zero-order valence-electron chi connectivity index (χ0n) is 18.2. The lowest BCUT2D eigenvalue weighted by atomic mass is 10.2. The van der Waals surface area contributed by atoms with Crippen LogP contribution >= 0.6 is 11.8 Å². The smallest absolute Gasteiger partial charge is 0.279 e. The Morgan fingerprint density at radius 3 is 2.45 bits per heavy atom. The number of aliphatic hydroxyl groups is 1. The molecule has 0 aromatic heterocycles. The van der Waals surface area contributed by atoms with Crippen LogP contribution in [0.1, 0.15) is 31.1 Å². The van der Waals surface area contributed by atoms with E-state index in [1.165, 1.54) is 6.08 Å². The van der Waals surface area contributed by atoms with Gasteiger partial charge in [-0.1, -0.05) is 0 Å². The molecule has 1 amide bonds. The number of amides is 1. The Morgan fingerprint density at radius 1 is 1.16 bits per heavy atom. The van der Waals surface area contributed by atoms with E-state index < -0.39 is 12.0 Å². The number of benzene rings is 2. The van der Waals surface area contributed by atoms with Gasteiger partial charge in [0.05, 0.1) is 6.61 Å². The first-order valence-electron chi connectivity index (χ1n) is 9.86. The molecule has 1 unspecified atom stereocenters. The Kier molecular flexibility index (Phi) is 9.42. The minimum absolute atomic E-state index is 0.0725. The molecule has 0 aliphatic rings. The highest BCUT2D eigenvalue weighted by Gasteiger charge is 2.13. The van der Waals surface area contributed by atoms with Crippen LogP contribution in [0.25, 0.3) is 0 Å². The first-order chi connectivity index (χ1) is 14.8. The maximum atomic E-state index is 12.7. The number of carbonyl (C=O) groups is 1. The van der Waals surface area contributed by atoms with Gasteiger partial charge in [-0.3, -0.25) is 4.79 Å². The largest absolute Gasteiger partial charge is 0.488 e. The van der Waals surface area contributed by atoms with Crippen LogP contribution in [0.5, 0.6) is 17.2 Å². The van der Waals surface area contributed by atoms with E-state index >= 15 is 0 Å². The van der Waals surface area contributed by atoms with Crippen molar-refractivity contribution in [3.05, 3.63) is 60.3 Å². The number of hydrogen-bond acceptors (Lipinski definition) is 6. The highest BCUT2D eigenvalue weighted by atomic mass is 32.2. The monoisotopic (exact) mass is 443 g/mol. The molecule has 8 heteroatoms. The molecule has 7 nitrogen and oxygen atoms in total. The molecule has 0 saturated heterocycles. The molecule has 0 saturated carbocycles. The van der Waals surface area contributed by atoms with Crippen molar-refractivity contribution in [2.45, 2.75) is 37.8 Å². The van der Waals surface area contributed by atoms with E-state index in [-0.39, 0.29) is 24.0 Å². The van der Waals surface area contributed by atoms with E-state index in [9.17, 15) is 9.90 Å². The molecule has 2 rings (SSSR count). The minimum atomic E-state index is -0.531. The summed E-state index contributed by atoms with van der Waals surface area (Å²) in [6, 6.07) is 12.6. The fraction of sp³-hybridized carbons (Fsp3) is 0.304. The summed E-state index contributed by atoms with van der Waals surface area (Å²) >= 11 is 1.63. The number of ether oxygens (including phenoxy) is 2. The third kappa shape index (κ3) is 8.35. The average Bonchev–Trinajstić information content (AvgIpc) is 2.73. The van der Waals surface area contributed by atoms with Gasteiger partial charge >= 0.3 is 0 Å². The van der Waals surface area contributed by atoms with E-state index in [0.29, 0.717) is 17.2 Å². The molecule has 4 N–H and O–H groups in total. The number of aliphatic hydroxyl groups excluding tert-OH is 1. The molecule has 0 heterocycles. The molecule has 0 aliphatic carbocycles. The Morgan fingerprint density at radius 2 is 1.84 bits per heavy atom. The third-order valence-corrected chi connectivity index (χ3v) is 4.67. The Bertz CT molecular complexity index is 927. The van der Waals surface area contributed by atoms with Crippen molar-refractivity contribution in [2.24, 2.45) is 10.7 Å². The fourth-order valence-corrected chi connectivity index (χ4v) is 2.82. The van der Waals surface area contributed by atoms with E-state index in [1.807, 2.05) is 44.4 Å². The number of thioether (sulfide) groups is 1. The number of nitrogens with zero attached hydrogens (tertiary/aromatic N) is 1. The Hall–Kier alpha value is -2.97. The zero-order valence-corrected chi connectivity index (χ0v) is 19.0. The molecule has 166 valence electrons. The Labute approximate surface area is 187 Å². The summed E-state index contributed by atoms with van der Waals surface area (Å²) in [5.41, 5.74) is 6.09. The molecule has 0 aliphatic heterocycles. The van der Waals surface area contributed by atoms with Gasteiger partial charge < -0.3 is 25.6 Å². The number of aliphatic imine (C=N–C) groups is 1. The third-order valence-electron chi connectivity index (χ3n) is 3.93. The van der Waals surface area contributed by atoms with Crippen molar-refractivity contribution < 1.29 is 19.4 Å². The van der Waals surface area contributed by atoms with Gasteiger partial charge in [-0.15, -0.1) is 11.8 Å². The predicted molar refractivity (Wildman–Crippen MR) is 125 cm³/mol. The van der Waals surface area contributed by atoms with Crippen molar-refractivity contribution >= 4 is 23.5 Å². The van der Waals surface area contributed by atoms with Crippen molar-refractivity contribution in [1.29, 1.82) is 0 Å². The number of nitrogens with one attached hydrogen (secondary N) is 1. The zero-order chi connectivity index (χ0) is 22.8. The quantitative estimate of drug-likeness (QED) is 0.290. The molecule has 2 aromatic rings. The molecule has 0 fully saturated rings. The van der Waals surface area contributed by atoms with Crippen molar-refractivity contribution in [3.8, 4) is 17.2 Å². The first kappa shape index (κ1) is 24.3. The standard InChI is InChI=1S/C23H29N3O4S/c1-15(2)25-10-9-22(24)26-23(28)17-11-19(29-16(3)14-27)13-20(12-17)30-18-5-7-21(31-4)8-6-18/h5-13,15-16,25,27H,14H2,1-4H3,(H2,24,26,28)/b10-9-. The van der Waals surface area contributed by atoms with Gasteiger partial charge in [-0.2, -0.15) is 4.99 Å². The van der Waals surface area contributed by atoms with Crippen molar-refractivity contribution in [3.63, 3.8) is 0 Å². The van der Waals surface area contributed by atoms with E-state index in [4.69, 9.17) is 15.2 Å². The minimum Gasteiger partial charge on any atom is -0.488 e. The first-order valence-corrected chi connectivity index (χ1v) is 11.1. The number of rotatable bonds is 10. The lowest BCUT2D eigenvalue weighted by molar-refractivity contribution is 0.100. The Balaban J connectivity index is 2.29. The van der Waals surface area contributed by atoms with Gasteiger partial charge in [0.1, 0.15) is 29.2 Å². The number of hydrogen-bond donors (Lipinski definition) is 3. The van der Waals surface area contributed by atoms with Crippen LogP contribution in [-0.4, -0.2) is 41.9 Å². The maximum absolute atomic E-state index is 12.7. The van der Waals surface area contributed by atoms with Gasteiger partial charge in [0.15, 0.2) is 0 Å². The van der Waals surface area contributed by atoms with Gasteiger partial charge in [0, 0.05) is 28.8 Å².